The molecule has 0 atom stereocenters. The zero-order chi connectivity index (χ0) is 12.0. The van der Waals surface area contributed by atoms with Crippen molar-refractivity contribution >= 4 is 5.69 Å². The maximum atomic E-state index is 12.7. The maximum Gasteiger partial charge on any atom is 0.411 e. The lowest BCUT2D eigenvalue weighted by Crippen LogP contribution is -2.20. The summed E-state index contributed by atoms with van der Waals surface area (Å²) in [5, 5.41) is 2.74. The Kier molecular flexibility index (Phi) is 4.54. The minimum atomic E-state index is -4.31. The first-order valence-electron chi connectivity index (χ1n) is 4.61. The third-order valence-electron chi connectivity index (χ3n) is 1.67. The second-order valence-corrected chi connectivity index (χ2v) is 3.10. The highest BCUT2D eigenvalue weighted by atomic mass is 19.4. The lowest BCUT2D eigenvalue weighted by atomic mass is 10.3. The monoisotopic (exact) mass is 237 g/mol. The first kappa shape index (κ1) is 12.8. The first-order valence-corrected chi connectivity index (χ1v) is 4.61. The Hall–Kier alpha value is -1.30. The van der Waals surface area contributed by atoms with E-state index in [1.54, 1.807) is 6.07 Å². The van der Waals surface area contributed by atoms with E-state index in [0.717, 1.165) is 0 Å². The third-order valence-corrected chi connectivity index (χ3v) is 1.67. The molecule has 0 bridgehead atoms. The van der Waals surface area contributed by atoms with Crippen LogP contribution in [0.25, 0.3) is 0 Å². The maximum absolute atomic E-state index is 12.7. The van der Waals surface area contributed by atoms with Crippen LogP contribution >= 0.6 is 0 Å². The number of benzene rings is 1. The predicted molar refractivity (Wildman–Crippen MR) is 51.8 cm³/mol. The normalized spacial score (nSPS) is 11.5. The topological polar surface area (TPSA) is 21.3 Å². The van der Waals surface area contributed by atoms with Crippen molar-refractivity contribution < 1.29 is 22.3 Å². The highest BCUT2D eigenvalue weighted by Crippen LogP contribution is 2.14. The van der Waals surface area contributed by atoms with Crippen LogP contribution < -0.4 is 5.32 Å². The Balaban J connectivity index is 2.17. The number of rotatable bonds is 5. The van der Waals surface area contributed by atoms with E-state index in [-0.39, 0.29) is 13.2 Å². The summed E-state index contributed by atoms with van der Waals surface area (Å²) in [5.74, 6) is -0.402. The summed E-state index contributed by atoms with van der Waals surface area (Å²) in [6.07, 6.45) is -4.31. The van der Waals surface area contributed by atoms with Crippen molar-refractivity contribution in [1.29, 1.82) is 0 Å². The molecule has 0 aliphatic rings. The van der Waals surface area contributed by atoms with Gasteiger partial charge < -0.3 is 10.1 Å². The van der Waals surface area contributed by atoms with Crippen molar-refractivity contribution in [3.8, 4) is 0 Å². The van der Waals surface area contributed by atoms with Crippen molar-refractivity contribution in [3.63, 3.8) is 0 Å². The van der Waals surface area contributed by atoms with Gasteiger partial charge in [0.05, 0.1) is 6.61 Å². The molecule has 6 heteroatoms. The zero-order valence-electron chi connectivity index (χ0n) is 8.35. The summed E-state index contributed by atoms with van der Waals surface area (Å²) < 4.78 is 52.0. The molecule has 0 aliphatic heterocycles. The fourth-order valence-electron chi connectivity index (χ4n) is 1.05. The summed E-state index contributed by atoms with van der Waals surface area (Å²) in [6, 6.07) is 5.66. The number of halogens is 4. The number of hydrogen-bond acceptors (Lipinski definition) is 2. The van der Waals surface area contributed by atoms with Gasteiger partial charge in [-0.15, -0.1) is 0 Å². The smallest absolute Gasteiger partial charge is 0.383 e. The van der Waals surface area contributed by atoms with Gasteiger partial charge in [-0.2, -0.15) is 13.2 Å². The van der Waals surface area contributed by atoms with Crippen molar-refractivity contribution in [2.45, 2.75) is 6.18 Å². The Labute approximate surface area is 90.2 Å². The third kappa shape index (κ3) is 5.55. The molecule has 16 heavy (non-hydrogen) atoms. The quantitative estimate of drug-likeness (QED) is 0.628. The Morgan fingerprint density at radius 2 is 2.00 bits per heavy atom. The number of ether oxygens (including phenoxy) is 1. The van der Waals surface area contributed by atoms with E-state index in [4.69, 9.17) is 0 Å². The van der Waals surface area contributed by atoms with Gasteiger partial charge in [-0.25, -0.2) is 4.39 Å². The summed E-state index contributed by atoms with van der Waals surface area (Å²) in [5.41, 5.74) is 0.510. The van der Waals surface area contributed by atoms with Gasteiger partial charge in [0.2, 0.25) is 0 Å². The molecule has 90 valence electrons. The average Bonchev–Trinajstić information content (AvgIpc) is 2.15. The lowest BCUT2D eigenvalue weighted by molar-refractivity contribution is -0.172. The molecule has 0 aliphatic carbocycles. The van der Waals surface area contributed by atoms with Gasteiger partial charge in [0.15, 0.2) is 0 Å². The predicted octanol–water partition coefficient (Wildman–Crippen LogP) is 2.82. The fraction of sp³-hybridized carbons (Fsp3) is 0.400. The van der Waals surface area contributed by atoms with E-state index < -0.39 is 18.6 Å². The van der Waals surface area contributed by atoms with Crippen LogP contribution in [0.15, 0.2) is 24.3 Å². The summed E-state index contributed by atoms with van der Waals surface area (Å²) in [7, 11) is 0. The van der Waals surface area contributed by atoms with Gasteiger partial charge in [0.1, 0.15) is 12.4 Å². The molecular weight excluding hydrogens is 226 g/mol. The first-order chi connectivity index (χ1) is 7.47. The standard InChI is InChI=1S/C10H11F4NO/c11-8-2-1-3-9(6-8)15-4-5-16-7-10(12,13)14/h1-3,6,15H,4-5,7H2. The largest absolute Gasteiger partial charge is 0.411 e. The van der Waals surface area contributed by atoms with Crippen LogP contribution in [0.2, 0.25) is 0 Å². The van der Waals surface area contributed by atoms with E-state index in [9.17, 15) is 17.6 Å². The molecule has 0 amide bonds. The zero-order valence-corrected chi connectivity index (χ0v) is 8.35. The minimum absolute atomic E-state index is 0.0873. The summed E-state index contributed by atoms with van der Waals surface area (Å²) in [4.78, 5) is 0. The fourth-order valence-corrected chi connectivity index (χ4v) is 1.05. The van der Waals surface area contributed by atoms with Crippen LogP contribution in [0, 0.1) is 5.82 Å². The van der Waals surface area contributed by atoms with Gasteiger partial charge in [-0.3, -0.25) is 0 Å². The molecule has 1 rings (SSSR count). The lowest BCUT2D eigenvalue weighted by Gasteiger charge is -2.09. The van der Waals surface area contributed by atoms with Crippen LogP contribution in [0.1, 0.15) is 0 Å². The van der Waals surface area contributed by atoms with E-state index in [1.807, 2.05) is 0 Å². The van der Waals surface area contributed by atoms with Gasteiger partial charge in [-0.1, -0.05) is 6.07 Å². The Morgan fingerprint density at radius 3 is 2.62 bits per heavy atom. The molecule has 0 saturated carbocycles. The van der Waals surface area contributed by atoms with Crippen LogP contribution in [0.4, 0.5) is 23.2 Å². The van der Waals surface area contributed by atoms with Crippen LogP contribution in [0.3, 0.4) is 0 Å². The average molecular weight is 237 g/mol. The molecule has 0 spiro atoms. The molecule has 0 heterocycles. The van der Waals surface area contributed by atoms with E-state index >= 15 is 0 Å². The van der Waals surface area contributed by atoms with Crippen molar-refractivity contribution in [3.05, 3.63) is 30.1 Å². The van der Waals surface area contributed by atoms with E-state index in [0.29, 0.717) is 5.69 Å². The molecule has 0 unspecified atom stereocenters. The minimum Gasteiger partial charge on any atom is -0.383 e. The van der Waals surface area contributed by atoms with Crippen LogP contribution in [-0.2, 0) is 4.74 Å². The molecule has 0 saturated heterocycles. The van der Waals surface area contributed by atoms with Gasteiger partial charge in [0, 0.05) is 12.2 Å². The second kappa shape index (κ2) is 5.69. The molecule has 0 fully saturated rings. The highest BCUT2D eigenvalue weighted by Gasteiger charge is 2.27. The molecule has 1 aromatic rings. The number of hydrogen-bond donors (Lipinski definition) is 1. The number of nitrogens with one attached hydrogen (secondary N) is 1. The Bertz CT molecular complexity index is 327. The molecule has 1 aromatic carbocycles. The van der Waals surface area contributed by atoms with Crippen molar-refractivity contribution in [2.24, 2.45) is 0 Å². The molecule has 0 aromatic heterocycles. The number of anilines is 1. The molecule has 0 radical (unpaired) electrons. The molecule has 1 N–H and O–H groups in total. The van der Waals surface area contributed by atoms with E-state index in [1.165, 1.54) is 18.2 Å². The van der Waals surface area contributed by atoms with E-state index in [2.05, 4.69) is 10.1 Å². The summed E-state index contributed by atoms with van der Waals surface area (Å²) in [6.45, 7) is -1.16. The second-order valence-electron chi connectivity index (χ2n) is 3.10. The highest BCUT2D eigenvalue weighted by molar-refractivity contribution is 5.42. The van der Waals surface area contributed by atoms with Gasteiger partial charge in [-0.05, 0) is 18.2 Å². The van der Waals surface area contributed by atoms with Crippen LogP contribution in [-0.4, -0.2) is 25.9 Å². The van der Waals surface area contributed by atoms with Gasteiger partial charge >= 0.3 is 6.18 Å². The van der Waals surface area contributed by atoms with Crippen molar-refractivity contribution in [2.75, 3.05) is 25.1 Å². The Morgan fingerprint density at radius 1 is 1.25 bits per heavy atom. The van der Waals surface area contributed by atoms with Gasteiger partial charge in [0.25, 0.3) is 0 Å². The molecular formula is C10H11F4NO. The summed E-state index contributed by atoms with van der Waals surface area (Å²) >= 11 is 0. The number of alkyl halides is 3. The molecule has 2 nitrogen and oxygen atoms in total. The SMILES string of the molecule is Fc1cccc(NCCOCC(F)(F)F)c1. The van der Waals surface area contributed by atoms with Crippen molar-refractivity contribution in [1.82, 2.24) is 0 Å². The van der Waals surface area contributed by atoms with Crippen LogP contribution in [0.5, 0.6) is 0 Å².